The Morgan fingerprint density at radius 3 is 2.67 bits per heavy atom. The predicted octanol–water partition coefficient (Wildman–Crippen LogP) is 2.69. The summed E-state index contributed by atoms with van der Waals surface area (Å²) in [5, 5.41) is 3.22. The number of carbonyl (C=O) groups excluding carboxylic acids is 1. The van der Waals surface area contributed by atoms with Crippen molar-refractivity contribution in [2.24, 2.45) is 0 Å². The van der Waals surface area contributed by atoms with E-state index in [4.69, 9.17) is 0 Å². The topological polar surface area (TPSA) is 45.2 Å². The number of rotatable bonds is 6. The molecule has 0 aliphatic rings. The van der Waals surface area contributed by atoms with Gasteiger partial charge in [0.15, 0.2) is 0 Å². The van der Waals surface area contributed by atoms with E-state index in [1.807, 2.05) is 26.1 Å². The second-order valence-electron chi connectivity index (χ2n) is 4.54. The first kappa shape index (κ1) is 14.5. The van der Waals surface area contributed by atoms with Gasteiger partial charge in [0.2, 0.25) is 0 Å². The lowest BCUT2D eigenvalue weighted by Gasteiger charge is -2.17. The fourth-order valence-electron chi connectivity index (χ4n) is 1.79. The molecule has 1 heterocycles. The highest BCUT2D eigenvalue weighted by molar-refractivity contribution is 5.94. The minimum atomic E-state index is 0.0573. The van der Waals surface area contributed by atoms with Gasteiger partial charge in [-0.2, -0.15) is 0 Å². The average molecular weight is 249 g/mol. The molecule has 0 aliphatic heterocycles. The maximum atomic E-state index is 12.2. The summed E-state index contributed by atoms with van der Waals surface area (Å²) in [6.45, 7) is 7.72. The number of aromatic nitrogens is 1. The van der Waals surface area contributed by atoms with Gasteiger partial charge in [0.1, 0.15) is 5.82 Å². The lowest BCUT2D eigenvalue weighted by molar-refractivity contribution is 0.0795. The molecule has 4 nitrogen and oxygen atoms in total. The fraction of sp³-hybridized carbons (Fsp3) is 0.571. The van der Waals surface area contributed by atoms with Gasteiger partial charge in [0, 0.05) is 31.4 Å². The number of anilines is 1. The average Bonchev–Trinajstić information content (AvgIpc) is 2.35. The Morgan fingerprint density at radius 1 is 1.33 bits per heavy atom. The van der Waals surface area contributed by atoms with E-state index in [1.165, 1.54) is 0 Å². The number of carbonyl (C=O) groups is 1. The van der Waals surface area contributed by atoms with E-state index in [0.717, 1.165) is 37.4 Å². The molecule has 0 radical (unpaired) electrons. The van der Waals surface area contributed by atoms with Gasteiger partial charge < -0.3 is 10.2 Å². The molecule has 1 aromatic heterocycles. The third-order valence-corrected chi connectivity index (χ3v) is 2.66. The van der Waals surface area contributed by atoms with Crippen LogP contribution < -0.4 is 5.32 Å². The zero-order chi connectivity index (χ0) is 13.5. The van der Waals surface area contributed by atoms with Crippen LogP contribution >= 0.6 is 0 Å². The molecule has 0 saturated carbocycles. The molecule has 100 valence electrons. The van der Waals surface area contributed by atoms with Crippen LogP contribution in [0.4, 0.5) is 5.82 Å². The molecule has 0 unspecified atom stereocenters. The first-order chi connectivity index (χ1) is 8.58. The second kappa shape index (κ2) is 6.99. The monoisotopic (exact) mass is 249 g/mol. The molecule has 0 saturated heterocycles. The molecule has 0 atom stereocenters. The zero-order valence-corrected chi connectivity index (χ0v) is 11.8. The van der Waals surface area contributed by atoms with Gasteiger partial charge in [-0.15, -0.1) is 0 Å². The Kier molecular flexibility index (Phi) is 5.62. The van der Waals surface area contributed by atoms with Crippen molar-refractivity contribution in [3.8, 4) is 0 Å². The molecule has 4 heteroatoms. The lowest BCUT2D eigenvalue weighted by Crippen LogP contribution is -2.27. The summed E-state index contributed by atoms with van der Waals surface area (Å²) in [4.78, 5) is 18.3. The number of pyridine rings is 1. The summed E-state index contributed by atoms with van der Waals surface area (Å²) in [6.07, 6.45) is 2.00. The Bertz CT molecular complexity index is 404. The fourth-order valence-corrected chi connectivity index (χ4v) is 1.79. The highest BCUT2D eigenvalue weighted by Gasteiger charge is 2.12. The molecule has 0 spiro atoms. The first-order valence-electron chi connectivity index (χ1n) is 6.56. The molecule has 1 aromatic rings. The molecule has 18 heavy (non-hydrogen) atoms. The smallest absolute Gasteiger partial charge is 0.253 e. The van der Waals surface area contributed by atoms with Crippen LogP contribution in [-0.2, 0) is 0 Å². The van der Waals surface area contributed by atoms with Crippen LogP contribution in [0.2, 0.25) is 0 Å². The molecule has 0 fully saturated rings. The largest absolute Gasteiger partial charge is 0.370 e. The lowest BCUT2D eigenvalue weighted by atomic mass is 10.2. The van der Waals surface area contributed by atoms with Crippen LogP contribution in [-0.4, -0.2) is 35.9 Å². The van der Waals surface area contributed by atoms with Crippen molar-refractivity contribution in [1.82, 2.24) is 9.88 Å². The van der Waals surface area contributed by atoms with Gasteiger partial charge in [0.25, 0.3) is 5.91 Å². The van der Waals surface area contributed by atoms with Crippen molar-refractivity contribution < 1.29 is 4.79 Å². The number of hydrogen-bond acceptors (Lipinski definition) is 3. The van der Waals surface area contributed by atoms with E-state index in [2.05, 4.69) is 24.1 Å². The van der Waals surface area contributed by atoms with Crippen LogP contribution in [0.3, 0.4) is 0 Å². The summed E-state index contributed by atoms with van der Waals surface area (Å²) in [6, 6.07) is 3.67. The van der Waals surface area contributed by atoms with E-state index >= 15 is 0 Å². The maximum absolute atomic E-state index is 12.2. The maximum Gasteiger partial charge on any atom is 0.253 e. The number of hydrogen-bond donors (Lipinski definition) is 1. The molecular formula is C14H23N3O. The Morgan fingerprint density at radius 2 is 2.06 bits per heavy atom. The second-order valence-corrected chi connectivity index (χ2v) is 4.54. The van der Waals surface area contributed by atoms with E-state index in [-0.39, 0.29) is 5.91 Å². The van der Waals surface area contributed by atoms with Gasteiger partial charge in [-0.1, -0.05) is 13.8 Å². The Hall–Kier alpha value is -1.58. The predicted molar refractivity (Wildman–Crippen MR) is 75.0 cm³/mol. The van der Waals surface area contributed by atoms with Gasteiger partial charge in [-0.05, 0) is 31.9 Å². The van der Waals surface area contributed by atoms with E-state index in [1.54, 1.807) is 4.90 Å². The van der Waals surface area contributed by atoms with Crippen LogP contribution in [0.5, 0.6) is 0 Å². The zero-order valence-electron chi connectivity index (χ0n) is 11.8. The molecule has 0 aliphatic carbocycles. The van der Waals surface area contributed by atoms with Crippen molar-refractivity contribution in [2.45, 2.75) is 33.6 Å². The van der Waals surface area contributed by atoms with Crippen molar-refractivity contribution in [3.63, 3.8) is 0 Å². The minimum absolute atomic E-state index is 0.0573. The molecule has 0 aromatic carbocycles. The van der Waals surface area contributed by atoms with Crippen molar-refractivity contribution in [3.05, 3.63) is 23.4 Å². The van der Waals surface area contributed by atoms with Crippen LogP contribution in [0.25, 0.3) is 0 Å². The molecule has 0 bridgehead atoms. The number of aryl methyl sites for hydroxylation is 1. The molecule has 1 amide bonds. The first-order valence-corrected chi connectivity index (χ1v) is 6.56. The van der Waals surface area contributed by atoms with Gasteiger partial charge >= 0.3 is 0 Å². The highest BCUT2D eigenvalue weighted by Crippen LogP contribution is 2.12. The van der Waals surface area contributed by atoms with Crippen LogP contribution in [0, 0.1) is 6.92 Å². The molecule has 1 rings (SSSR count). The summed E-state index contributed by atoms with van der Waals surface area (Å²) >= 11 is 0. The normalized spacial score (nSPS) is 10.2. The highest BCUT2D eigenvalue weighted by atomic mass is 16.2. The van der Waals surface area contributed by atoms with Gasteiger partial charge in [0.05, 0.1) is 0 Å². The number of amides is 1. The number of nitrogens with one attached hydrogen (secondary N) is 1. The van der Waals surface area contributed by atoms with E-state index < -0.39 is 0 Å². The van der Waals surface area contributed by atoms with Gasteiger partial charge in [-0.25, -0.2) is 4.98 Å². The van der Waals surface area contributed by atoms with Crippen molar-refractivity contribution in [2.75, 3.05) is 25.5 Å². The Labute approximate surface area is 109 Å². The standard InChI is InChI=1S/C14H23N3O/c1-5-7-15-13-10-12(9-11(3)16-13)14(18)17(4)8-6-2/h9-10H,5-8H2,1-4H3,(H,15,16). The summed E-state index contributed by atoms with van der Waals surface area (Å²) in [5.74, 6) is 0.840. The minimum Gasteiger partial charge on any atom is -0.370 e. The van der Waals surface area contributed by atoms with Crippen molar-refractivity contribution in [1.29, 1.82) is 0 Å². The van der Waals surface area contributed by atoms with Gasteiger partial charge in [-0.3, -0.25) is 4.79 Å². The SMILES string of the molecule is CCCNc1cc(C(=O)N(C)CCC)cc(C)n1. The third-order valence-electron chi connectivity index (χ3n) is 2.66. The van der Waals surface area contributed by atoms with Crippen LogP contribution in [0.1, 0.15) is 42.7 Å². The summed E-state index contributed by atoms with van der Waals surface area (Å²) in [5.41, 5.74) is 1.57. The molecule has 1 N–H and O–H groups in total. The van der Waals surface area contributed by atoms with Crippen LogP contribution in [0.15, 0.2) is 12.1 Å². The Balaban J connectivity index is 2.87. The molecular weight excluding hydrogens is 226 g/mol. The quantitative estimate of drug-likeness (QED) is 0.843. The summed E-state index contributed by atoms with van der Waals surface area (Å²) in [7, 11) is 1.83. The number of nitrogens with zero attached hydrogens (tertiary/aromatic N) is 2. The summed E-state index contributed by atoms with van der Waals surface area (Å²) < 4.78 is 0. The van der Waals surface area contributed by atoms with E-state index in [0.29, 0.717) is 5.56 Å². The third kappa shape index (κ3) is 4.02. The van der Waals surface area contributed by atoms with Crippen molar-refractivity contribution >= 4 is 11.7 Å². The van der Waals surface area contributed by atoms with E-state index in [9.17, 15) is 4.79 Å².